The number of aromatic hydroxyl groups is 1. The van der Waals surface area contributed by atoms with Crippen LogP contribution in [-0.4, -0.2) is 11.3 Å². The standard InChI is InChI=1S/C30H20N6O/c1-31-22-10-12-23(13-11-22)33-34-24-14-16-25(17-15-24)35-36-29-19-18-28(26-7-3-4-8-27(26)29)32-20-21-6-2-5-9-30(21)37/h2-20,37H. The maximum absolute atomic E-state index is 10.0. The minimum atomic E-state index is 0.184. The Balaban J connectivity index is 1.34. The Bertz CT molecular complexity index is 1680. The predicted octanol–water partition coefficient (Wildman–Crippen LogP) is 9.68. The van der Waals surface area contributed by atoms with E-state index in [0.29, 0.717) is 28.3 Å². The van der Waals surface area contributed by atoms with Gasteiger partial charge in [0.2, 0.25) is 0 Å². The molecular weight excluding hydrogens is 460 g/mol. The summed E-state index contributed by atoms with van der Waals surface area (Å²) in [5, 5.41) is 29.2. The second-order valence-corrected chi connectivity index (χ2v) is 8.01. The fourth-order valence-electron chi connectivity index (χ4n) is 3.61. The van der Waals surface area contributed by atoms with Crippen LogP contribution >= 0.6 is 0 Å². The van der Waals surface area contributed by atoms with Gasteiger partial charge in [-0.25, -0.2) is 4.85 Å². The molecule has 0 spiro atoms. The van der Waals surface area contributed by atoms with Crippen molar-refractivity contribution in [3.05, 3.63) is 126 Å². The third-order valence-electron chi connectivity index (χ3n) is 5.54. The lowest BCUT2D eigenvalue weighted by Crippen LogP contribution is -1.82. The Morgan fingerprint density at radius 3 is 1.70 bits per heavy atom. The quantitative estimate of drug-likeness (QED) is 0.146. The second-order valence-electron chi connectivity index (χ2n) is 8.01. The van der Waals surface area contributed by atoms with E-state index in [2.05, 4.69) is 30.3 Å². The summed E-state index contributed by atoms with van der Waals surface area (Å²) in [5.41, 5.74) is 4.76. The molecule has 0 saturated carbocycles. The number of hydrogen-bond donors (Lipinski definition) is 1. The molecule has 0 fully saturated rings. The zero-order valence-corrected chi connectivity index (χ0v) is 19.6. The summed E-state index contributed by atoms with van der Waals surface area (Å²) < 4.78 is 0. The van der Waals surface area contributed by atoms with Crippen molar-refractivity contribution in [1.82, 2.24) is 0 Å². The number of phenols is 1. The fourth-order valence-corrected chi connectivity index (χ4v) is 3.61. The van der Waals surface area contributed by atoms with Crippen LogP contribution < -0.4 is 0 Å². The van der Waals surface area contributed by atoms with Gasteiger partial charge in [0.05, 0.1) is 35.0 Å². The summed E-state index contributed by atoms with van der Waals surface area (Å²) in [4.78, 5) is 7.96. The van der Waals surface area contributed by atoms with E-state index in [1.807, 2.05) is 72.8 Å². The largest absolute Gasteiger partial charge is 0.507 e. The molecule has 0 aliphatic rings. The van der Waals surface area contributed by atoms with Crippen LogP contribution in [0.4, 0.5) is 34.1 Å². The second kappa shape index (κ2) is 10.8. The number of fused-ring (bicyclic) bond motifs is 1. The molecule has 37 heavy (non-hydrogen) atoms. The van der Waals surface area contributed by atoms with Crippen LogP contribution in [0.25, 0.3) is 15.6 Å². The van der Waals surface area contributed by atoms with Crippen LogP contribution in [0.5, 0.6) is 5.75 Å². The average molecular weight is 481 g/mol. The molecule has 0 radical (unpaired) electrons. The van der Waals surface area contributed by atoms with Gasteiger partial charge in [0.1, 0.15) is 5.75 Å². The van der Waals surface area contributed by atoms with E-state index in [1.165, 1.54) is 0 Å². The molecular formula is C30H20N6O. The van der Waals surface area contributed by atoms with Gasteiger partial charge in [-0.2, -0.15) is 15.3 Å². The lowest BCUT2D eigenvalue weighted by molar-refractivity contribution is 0.474. The van der Waals surface area contributed by atoms with Crippen LogP contribution in [0.2, 0.25) is 0 Å². The molecule has 0 aromatic heterocycles. The van der Waals surface area contributed by atoms with E-state index >= 15 is 0 Å². The maximum atomic E-state index is 10.0. The normalized spacial score (nSPS) is 11.5. The molecule has 0 aliphatic carbocycles. The molecule has 7 nitrogen and oxygen atoms in total. The van der Waals surface area contributed by atoms with Gasteiger partial charge in [-0.05, 0) is 60.7 Å². The molecule has 0 bridgehead atoms. The lowest BCUT2D eigenvalue weighted by Gasteiger charge is -2.05. The van der Waals surface area contributed by atoms with Crippen molar-refractivity contribution in [2.75, 3.05) is 0 Å². The van der Waals surface area contributed by atoms with Gasteiger partial charge in [-0.1, -0.05) is 48.5 Å². The van der Waals surface area contributed by atoms with Crippen molar-refractivity contribution in [3.63, 3.8) is 0 Å². The number of benzene rings is 5. The van der Waals surface area contributed by atoms with E-state index in [1.54, 1.807) is 42.6 Å². The molecule has 7 heteroatoms. The molecule has 0 aliphatic heterocycles. The third-order valence-corrected chi connectivity index (χ3v) is 5.54. The summed E-state index contributed by atoms with van der Waals surface area (Å²) >= 11 is 0. The predicted molar refractivity (Wildman–Crippen MR) is 147 cm³/mol. The van der Waals surface area contributed by atoms with E-state index in [9.17, 15) is 5.11 Å². The highest BCUT2D eigenvalue weighted by Crippen LogP contribution is 2.34. The Labute approximate surface area is 213 Å². The SMILES string of the molecule is [C-]#[N+]c1ccc(N=Nc2ccc(N=Nc3ccc(N=Cc4ccccc4O)c4ccccc34)cc2)cc1. The number of azo groups is 2. The fraction of sp³-hybridized carbons (Fsp3) is 0. The Morgan fingerprint density at radius 1 is 0.568 bits per heavy atom. The summed E-state index contributed by atoms with van der Waals surface area (Å²) in [6, 6.07) is 32.9. The molecule has 0 amide bonds. The number of rotatable bonds is 6. The van der Waals surface area contributed by atoms with Crippen LogP contribution in [0, 0.1) is 6.57 Å². The van der Waals surface area contributed by atoms with Crippen LogP contribution in [0.15, 0.2) is 135 Å². The molecule has 1 N–H and O–H groups in total. The summed E-state index contributed by atoms with van der Waals surface area (Å²) in [7, 11) is 0. The minimum absolute atomic E-state index is 0.184. The van der Waals surface area contributed by atoms with Crippen LogP contribution in [-0.2, 0) is 0 Å². The van der Waals surface area contributed by atoms with E-state index in [0.717, 1.165) is 22.1 Å². The van der Waals surface area contributed by atoms with Crippen molar-refractivity contribution >= 4 is 51.1 Å². The molecule has 0 unspecified atom stereocenters. The first-order valence-corrected chi connectivity index (χ1v) is 11.4. The van der Waals surface area contributed by atoms with Gasteiger partial charge in [0, 0.05) is 22.6 Å². The lowest BCUT2D eigenvalue weighted by atomic mass is 10.1. The first-order valence-electron chi connectivity index (χ1n) is 11.4. The van der Waals surface area contributed by atoms with Crippen molar-refractivity contribution in [2.24, 2.45) is 25.4 Å². The Morgan fingerprint density at radius 2 is 1.08 bits per heavy atom. The monoisotopic (exact) mass is 480 g/mol. The van der Waals surface area contributed by atoms with Gasteiger partial charge >= 0.3 is 0 Å². The van der Waals surface area contributed by atoms with Crippen molar-refractivity contribution in [3.8, 4) is 5.75 Å². The zero-order chi connectivity index (χ0) is 25.5. The van der Waals surface area contributed by atoms with Gasteiger partial charge in [-0.3, -0.25) is 4.99 Å². The highest BCUT2D eigenvalue weighted by molar-refractivity contribution is 6.01. The van der Waals surface area contributed by atoms with Crippen LogP contribution in [0.3, 0.4) is 0 Å². The number of hydrogen-bond acceptors (Lipinski definition) is 6. The van der Waals surface area contributed by atoms with Crippen molar-refractivity contribution in [2.45, 2.75) is 0 Å². The summed E-state index contributed by atoms with van der Waals surface area (Å²) in [6.45, 7) is 7.00. The molecule has 5 aromatic carbocycles. The van der Waals surface area contributed by atoms with Crippen LogP contribution in [0.1, 0.15) is 5.56 Å². The average Bonchev–Trinajstić information content (AvgIpc) is 2.95. The maximum Gasteiger partial charge on any atom is 0.187 e. The van der Waals surface area contributed by atoms with Gasteiger partial charge in [0.15, 0.2) is 5.69 Å². The van der Waals surface area contributed by atoms with E-state index in [4.69, 9.17) is 6.57 Å². The van der Waals surface area contributed by atoms with E-state index < -0.39 is 0 Å². The van der Waals surface area contributed by atoms with Gasteiger partial charge in [-0.15, -0.1) is 5.11 Å². The Kier molecular flexibility index (Phi) is 6.82. The first-order chi connectivity index (χ1) is 18.2. The van der Waals surface area contributed by atoms with E-state index in [-0.39, 0.29) is 5.75 Å². The van der Waals surface area contributed by atoms with Gasteiger partial charge in [0.25, 0.3) is 0 Å². The third kappa shape index (κ3) is 5.61. The summed E-state index contributed by atoms with van der Waals surface area (Å²) in [5.74, 6) is 0.184. The summed E-state index contributed by atoms with van der Waals surface area (Å²) in [6.07, 6.45) is 1.65. The first kappa shape index (κ1) is 23.3. The number of aliphatic imine (C=N–C) groups is 1. The number of nitrogens with zero attached hydrogens (tertiary/aromatic N) is 6. The smallest absolute Gasteiger partial charge is 0.187 e. The number of phenolic OH excluding ortho intramolecular Hbond substituents is 1. The topological polar surface area (TPSA) is 86.4 Å². The molecule has 0 heterocycles. The molecule has 5 aromatic rings. The van der Waals surface area contributed by atoms with Gasteiger partial charge < -0.3 is 5.11 Å². The highest BCUT2D eigenvalue weighted by atomic mass is 16.3. The molecule has 0 saturated heterocycles. The molecule has 0 atom stereocenters. The zero-order valence-electron chi connectivity index (χ0n) is 19.6. The van der Waals surface area contributed by atoms with Crippen molar-refractivity contribution in [1.29, 1.82) is 0 Å². The minimum Gasteiger partial charge on any atom is -0.507 e. The molecule has 5 rings (SSSR count). The number of para-hydroxylation sites is 1. The Hall–Kier alpha value is -5.48. The highest BCUT2D eigenvalue weighted by Gasteiger charge is 2.05. The van der Waals surface area contributed by atoms with Crippen molar-refractivity contribution < 1.29 is 5.11 Å². The molecule has 176 valence electrons.